The van der Waals surface area contributed by atoms with Crippen molar-refractivity contribution >= 4 is 69.1 Å². The van der Waals surface area contributed by atoms with Gasteiger partial charge in [-0.25, -0.2) is 28.6 Å². The smallest absolute Gasteiger partial charge is 0.393 e. The fourth-order valence-electron chi connectivity index (χ4n) is 13.1. The Hall–Kier alpha value is -2.52. The first-order valence-corrected chi connectivity index (χ1v) is 30.9. The number of ether oxygens (including phenoxy) is 1. The number of phosphoric acid groups is 3. The second-order valence-corrected chi connectivity index (χ2v) is 27.6. The van der Waals surface area contributed by atoms with Crippen molar-refractivity contribution in [3.05, 3.63) is 12.7 Å². The average molecular weight is 1140 g/mol. The number of thioether (sulfide) groups is 1. The van der Waals surface area contributed by atoms with Gasteiger partial charge in [0.1, 0.15) is 36.3 Å². The number of fused-ring (bicyclic) bond motifs is 6. The van der Waals surface area contributed by atoms with E-state index >= 15 is 0 Å². The monoisotopic (exact) mass is 1140 g/mol. The van der Waals surface area contributed by atoms with Crippen LogP contribution in [0, 0.1) is 51.8 Å². The number of hydrogen-bond donors (Lipinski definition) is 11. The van der Waals surface area contributed by atoms with Crippen LogP contribution in [0.1, 0.15) is 111 Å². The van der Waals surface area contributed by atoms with Crippen LogP contribution < -0.4 is 16.4 Å². The molecule has 26 nitrogen and oxygen atoms in total. The zero-order valence-corrected chi connectivity index (χ0v) is 46.2. The Morgan fingerprint density at radius 2 is 1.63 bits per heavy atom. The summed E-state index contributed by atoms with van der Waals surface area (Å²) in [6.45, 7) is 7.58. The second-order valence-electron chi connectivity index (χ2n) is 22.3. The molecular weight excluding hydrogens is 1070 g/mol. The van der Waals surface area contributed by atoms with Gasteiger partial charge in [-0.05, 0) is 104 Å². The number of amides is 2. The number of carbonyl (C=O) groups excluding carboxylic acids is 3. The van der Waals surface area contributed by atoms with Crippen molar-refractivity contribution in [3.63, 3.8) is 0 Å². The SMILES string of the molecule is CC(CCC(=O)SCCNC(=O)CCNC(=O)C(O)C(C)(C)COP(=O)(O)OP(=O)(O)OC[C@H]1O[C@@H](n2cnc3c(N)ncnc32)[C@H](O)[C@@H]1OP(=O)(O)O)C1CCC2C3C(CC[C@]12C)[C@@]1(C)CC[C@@H](O)C[C@H]1C[C@H]3O. The Labute approximate surface area is 438 Å². The topological polar surface area (TPSA) is 404 Å². The second kappa shape index (κ2) is 23.7. The third-order valence-corrected chi connectivity index (χ3v) is 21.0. The number of nitrogens with one attached hydrogen (secondary N) is 2. The summed E-state index contributed by atoms with van der Waals surface area (Å²) in [6, 6.07) is 0. The molecule has 4 aliphatic carbocycles. The lowest BCUT2D eigenvalue weighted by Gasteiger charge is -2.62. The van der Waals surface area contributed by atoms with Gasteiger partial charge in [-0.2, -0.15) is 4.31 Å². The number of aromatic nitrogens is 4. The standard InChI is InChI=1S/C45H74N7O19P3S/c1-24(27-7-8-28-34-29(11-14-45(27,28)5)44(4)13-10-26(53)18-25(44)19-30(34)54)6-9-33(56)75-17-16-47-32(55)12-15-48-41(59)38(58)43(2,3)21-68-74(65,66)71-73(63,64)67-20-31-37(70-72(60,61)62)36(57)42(69-31)52-23-51-35-39(46)49-22-50-40(35)52/h22-31,34,36-38,42,53-54,57-58H,6-21H2,1-5H3,(H,47,55)(H,48,59)(H,63,64)(H,65,66)(H2,46,49,50)(H2,60,61,62)/t24?,25-,26+,27?,28?,29?,30+,31+,34?,36+,37+,38?,42+,44-,45+/m0/s1. The highest BCUT2D eigenvalue weighted by atomic mass is 32.2. The molecule has 2 amide bonds. The van der Waals surface area contributed by atoms with Crippen molar-refractivity contribution in [1.29, 1.82) is 0 Å². The molecule has 5 aliphatic rings. The molecule has 7 rings (SSSR count). The lowest BCUT2D eigenvalue weighted by Crippen LogP contribution is -2.58. The molecule has 4 saturated carbocycles. The molecule has 75 heavy (non-hydrogen) atoms. The molecule has 1 saturated heterocycles. The van der Waals surface area contributed by atoms with Crippen LogP contribution in [0.25, 0.3) is 11.2 Å². The molecule has 3 heterocycles. The maximum atomic E-state index is 13.0. The zero-order chi connectivity index (χ0) is 55.1. The molecule has 30 heteroatoms. The van der Waals surface area contributed by atoms with Gasteiger partial charge >= 0.3 is 23.5 Å². The van der Waals surface area contributed by atoms with Gasteiger partial charge in [0.2, 0.25) is 11.8 Å². The van der Waals surface area contributed by atoms with Crippen LogP contribution >= 0.6 is 35.2 Å². The summed E-state index contributed by atoms with van der Waals surface area (Å²) in [5.74, 6) is 1.28. The molecule has 2 aromatic rings. The number of rotatable bonds is 23. The molecule has 8 unspecified atom stereocenters. The molecule has 0 radical (unpaired) electrons. The normalized spacial score (nSPS) is 34.3. The molecule has 0 spiro atoms. The van der Waals surface area contributed by atoms with Crippen LogP contribution in [0.5, 0.6) is 0 Å². The molecule has 0 aromatic carbocycles. The van der Waals surface area contributed by atoms with E-state index in [0.29, 0.717) is 41.8 Å². The van der Waals surface area contributed by atoms with Gasteiger partial charge in [0.05, 0.1) is 31.7 Å². The summed E-state index contributed by atoms with van der Waals surface area (Å²) >= 11 is 1.15. The van der Waals surface area contributed by atoms with E-state index in [2.05, 4.69) is 55.2 Å². The number of nitrogens with two attached hydrogens (primary N) is 1. The highest BCUT2D eigenvalue weighted by Crippen LogP contribution is 2.68. The largest absolute Gasteiger partial charge is 0.481 e. The van der Waals surface area contributed by atoms with Gasteiger partial charge < -0.3 is 61.1 Å². The maximum Gasteiger partial charge on any atom is 0.481 e. The van der Waals surface area contributed by atoms with Crippen molar-refractivity contribution < 1.29 is 90.7 Å². The van der Waals surface area contributed by atoms with E-state index in [1.54, 1.807) is 0 Å². The Balaban J connectivity index is 0.778. The van der Waals surface area contributed by atoms with Crippen LogP contribution in [0.2, 0.25) is 0 Å². The number of aliphatic hydroxyl groups is 4. The Bertz CT molecular complexity index is 2530. The van der Waals surface area contributed by atoms with Crippen molar-refractivity contribution in [2.75, 3.05) is 37.8 Å². The predicted octanol–water partition coefficient (Wildman–Crippen LogP) is 3.07. The Morgan fingerprint density at radius 1 is 0.933 bits per heavy atom. The van der Waals surface area contributed by atoms with E-state index in [1.807, 2.05) is 0 Å². The number of carbonyl (C=O) groups is 3. The average Bonchev–Trinajstić information content (AvgIpc) is 4.01. The van der Waals surface area contributed by atoms with Crippen molar-refractivity contribution in [1.82, 2.24) is 30.2 Å². The van der Waals surface area contributed by atoms with E-state index in [-0.39, 0.29) is 70.6 Å². The van der Waals surface area contributed by atoms with Gasteiger partial charge in [-0.3, -0.25) is 32.5 Å². The first-order valence-electron chi connectivity index (χ1n) is 25.4. The van der Waals surface area contributed by atoms with Crippen molar-refractivity contribution in [2.45, 2.75) is 148 Å². The fourth-order valence-corrected chi connectivity index (χ4v) is 16.6. The molecule has 5 fully saturated rings. The third-order valence-electron chi connectivity index (χ3n) is 17.0. The van der Waals surface area contributed by atoms with Gasteiger partial charge in [-0.1, -0.05) is 46.4 Å². The Morgan fingerprint density at radius 3 is 2.35 bits per heavy atom. The van der Waals surface area contributed by atoms with Crippen LogP contribution in [0.3, 0.4) is 0 Å². The summed E-state index contributed by atoms with van der Waals surface area (Å²) in [6.07, 6.45) is 1.45. The lowest BCUT2D eigenvalue weighted by molar-refractivity contribution is -0.174. The summed E-state index contributed by atoms with van der Waals surface area (Å²) in [7, 11) is -16.5. The number of hydrogen-bond acceptors (Lipinski definition) is 20. The fraction of sp³-hybridized carbons (Fsp3) is 0.822. The minimum absolute atomic E-state index is 0.0288. The summed E-state index contributed by atoms with van der Waals surface area (Å²) in [5.41, 5.74) is 4.55. The molecule has 1 aliphatic heterocycles. The Kier molecular flexibility index (Phi) is 19.0. The zero-order valence-electron chi connectivity index (χ0n) is 42.7. The van der Waals surface area contributed by atoms with Gasteiger partial charge in [0.25, 0.3) is 0 Å². The maximum absolute atomic E-state index is 13.0. The van der Waals surface area contributed by atoms with Gasteiger partial charge in [0, 0.05) is 37.1 Å². The number of phosphoric ester groups is 3. The van der Waals surface area contributed by atoms with Gasteiger partial charge in [0.15, 0.2) is 22.8 Å². The number of anilines is 1. The minimum atomic E-state index is -5.60. The molecule has 424 valence electrons. The lowest BCUT2D eigenvalue weighted by atomic mass is 9.43. The van der Waals surface area contributed by atoms with E-state index in [1.165, 1.54) is 13.8 Å². The highest BCUT2D eigenvalue weighted by Gasteiger charge is 2.63. The molecule has 12 N–H and O–H groups in total. The van der Waals surface area contributed by atoms with E-state index < -0.39 is 84.6 Å². The number of imidazole rings is 1. The van der Waals surface area contributed by atoms with Crippen LogP contribution in [0.15, 0.2) is 12.7 Å². The number of nitrogens with zero attached hydrogens (tertiary/aromatic N) is 4. The summed E-state index contributed by atoms with van der Waals surface area (Å²) in [4.78, 5) is 89.7. The number of nitrogen functional groups attached to an aromatic ring is 1. The van der Waals surface area contributed by atoms with Crippen LogP contribution in [-0.2, 0) is 50.7 Å². The van der Waals surface area contributed by atoms with Crippen molar-refractivity contribution in [2.24, 2.45) is 51.8 Å². The number of aliphatic hydroxyl groups excluding tert-OH is 4. The highest BCUT2D eigenvalue weighted by molar-refractivity contribution is 8.13. The summed E-state index contributed by atoms with van der Waals surface area (Å²) < 4.78 is 62.7. The van der Waals surface area contributed by atoms with Crippen LogP contribution in [-0.4, -0.2) is 145 Å². The van der Waals surface area contributed by atoms with E-state index in [0.717, 1.165) is 86.8 Å². The quantitative estimate of drug-likeness (QED) is 0.0562. The predicted molar refractivity (Wildman–Crippen MR) is 268 cm³/mol. The molecule has 17 atom stereocenters. The minimum Gasteiger partial charge on any atom is -0.393 e. The summed E-state index contributed by atoms with van der Waals surface area (Å²) in [5, 5.41) is 48.8. The molecular formula is C45H74N7O19P3S. The molecule has 0 bridgehead atoms. The third kappa shape index (κ3) is 13.9. The molecule has 2 aromatic heterocycles. The van der Waals surface area contributed by atoms with Crippen molar-refractivity contribution in [3.8, 4) is 0 Å². The van der Waals surface area contributed by atoms with Gasteiger partial charge in [-0.15, -0.1) is 0 Å². The first kappa shape index (κ1) is 60.1. The van der Waals surface area contributed by atoms with E-state index in [9.17, 15) is 68.1 Å². The van der Waals surface area contributed by atoms with E-state index in [4.69, 9.17) is 19.5 Å². The first-order chi connectivity index (χ1) is 34.9. The van der Waals surface area contributed by atoms with Crippen LogP contribution in [0.4, 0.5) is 5.82 Å².